The molecule has 0 spiro atoms. The van der Waals surface area contributed by atoms with Crippen LogP contribution in [-0.4, -0.2) is 34.7 Å². The van der Waals surface area contributed by atoms with E-state index in [-0.39, 0.29) is 23.6 Å². The van der Waals surface area contributed by atoms with Gasteiger partial charge in [-0.2, -0.15) is 0 Å². The highest BCUT2D eigenvalue weighted by molar-refractivity contribution is 7.99. The highest BCUT2D eigenvalue weighted by Crippen LogP contribution is 2.28. The number of amides is 1. The number of non-ortho nitro benzene ring substituents is 1. The number of benzene rings is 1. The minimum absolute atomic E-state index is 0.0379. The van der Waals surface area contributed by atoms with Crippen molar-refractivity contribution in [3.8, 4) is 0 Å². The largest absolute Gasteiger partial charge is 0.508 e. The fourth-order valence-corrected chi connectivity index (χ4v) is 3.02. The van der Waals surface area contributed by atoms with Gasteiger partial charge in [-0.25, -0.2) is 4.79 Å². The first-order valence-electron chi connectivity index (χ1n) is 6.82. The Morgan fingerprint density at radius 3 is 2.61 bits per heavy atom. The Bertz CT molecular complexity index is 606. The van der Waals surface area contributed by atoms with Crippen LogP contribution in [0.3, 0.4) is 0 Å². The predicted molar refractivity (Wildman–Crippen MR) is 82.8 cm³/mol. The smallest absolute Gasteiger partial charge is 0.430 e. The summed E-state index contributed by atoms with van der Waals surface area (Å²) in [4.78, 5) is 33.2. The zero-order valence-electron chi connectivity index (χ0n) is 12.6. The second-order valence-electron chi connectivity index (χ2n) is 4.98. The molecule has 3 atom stereocenters. The van der Waals surface area contributed by atoms with E-state index in [1.807, 2.05) is 6.26 Å². The average Bonchev–Trinajstić information content (AvgIpc) is 2.50. The van der Waals surface area contributed by atoms with E-state index in [0.29, 0.717) is 5.56 Å². The summed E-state index contributed by atoms with van der Waals surface area (Å²) in [6.07, 6.45) is 0.387. The van der Waals surface area contributed by atoms with E-state index < -0.39 is 23.1 Å². The van der Waals surface area contributed by atoms with Gasteiger partial charge in [0.25, 0.3) is 5.69 Å². The van der Waals surface area contributed by atoms with E-state index in [1.54, 1.807) is 6.92 Å². The van der Waals surface area contributed by atoms with Gasteiger partial charge in [-0.15, -0.1) is 11.8 Å². The molecule has 1 saturated heterocycles. The Balaban J connectivity index is 1.80. The summed E-state index contributed by atoms with van der Waals surface area (Å²) in [7, 11) is 0. The summed E-state index contributed by atoms with van der Waals surface area (Å²) in [5.41, 5.74) is 0.563. The molecule has 0 saturated carbocycles. The molecule has 1 amide bonds. The van der Waals surface area contributed by atoms with Crippen LogP contribution in [0.2, 0.25) is 0 Å². The molecule has 8 nitrogen and oxygen atoms in total. The second kappa shape index (κ2) is 7.32. The molecule has 0 radical (unpaired) electrons. The molecule has 1 N–H and O–H groups in total. The Morgan fingerprint density at radius 2 is 2.09 bits per heavy atom. The number of hydrogen-bond acceptors (Lipinski definition) is 7. The SMILES string of the molecule is CSC1NC(=O)C1C(C)OC(=O)OCc1ccc([N+](=O)[O-])cc1. The van der Waals surface area contributed by atoms with Crippen LogP contribution in [-0.2, 0) is 20.9 Å². The van der Waals surface area contributed by atoms with Gasteiger partial charge in [-0.1, -0.05) is 0 Å². The molecule has 1 aromatic rings. The van der Waals surface area contributed by atoms with Gasteiger partial charge >= 0.3 is 6.16 Å². The zero-order chi connectivity index (χ0) is 17.0. The van der Waals surface area contributed by atoms with Crippen LogP contribution >= 0.6 is 11.8 Å². The van der Waals surface area contributed by atoms with Crippen molar-refractivity contribution in [2.75, 3.05) is 6.26 Å². The highest BCUT2D eigenvalue weighted by Gasteiger charge is 2.44. The van der Waals surface area contributed by atoms with Crippen molar-refractivity contribution in [1.29, 1.82) is 0 Å². The van der Waals surface area contributed by atoms with Crippen LogP contribution in [0.25, 0.3) is 0 Å². The zero-order valence-corrected chi connectivity index (χ0v) is 13.4. The molecule has 3 unspecified atom stereocenters. The predicted octanol–water partition coefficient (Wildman–Crippen LogP) is 2.07. The number of rotatable bonds is 6. The van der Waals surface area contributed by atoms with E-state index in [0.717, 1.165) is 0 Å². The van der Waals surface area contributed by atoms with E-state index in [2.05, 4.69) is 5.32 Å². The Kier molecular flexibility index (Phi) is 5.43. The summed E-state index contributed by atoms with van der Waals surface area (Å²) in [6.45, 7) is 1.58. The van der Waals surface area contributed by atoms with E-state index in [9.17, 15) is 19.7 Å². The van der Waals surface area contributed by atoms with Crippen molar-refractivity contribution in [2.24, 2.45) is 5.92 Å². The highest BCUT2D eigenvalue weighted by atomic mass is 32.2. The second-order valence-corrected chi connectivity index (χ2v) is 5.96. The standard InChI is InChI=1S/C14H16N2O6S/c1-8(11-12(17)15-13(11)23-2)22-14(18)21-7-9-3-5-10(6-4-9)16(19)20/h3-6,8,11,13H,7H2,1-2H3,(H,15,17). The molecule has 2 rings (SSSR count). The van der Waals surface area contributed by atoms with Crippen molar-refractivity contribution >= 4 is 29.5 Å². The quantitative estimate of drug-likeness (QED) is 0.365. The van der Waals surface area contributed by atoms with Gasteiger partial charge in [0.2, 0.25) is 5.91 Å². The molecule has 1 aliphatic rings. The number of β-lactam (4-membered cyclic amide) rings is 1. The molecule has 0 aliphatic carbocycles. The molecule has 124 valence electrons. The number of carbonyl (C=O) groups is 2. The number of carbonyl (C=O) groups excluding carboxylic acids is 2. The van der Waals surface area contributed by atoms with Gasteiger partial charge in [0.1, 0.15) is 18.6 Å². The van der Waals surface area contributed by atoms with Gasteiger partial charge in [-0.05, 0) is 30.9 Å². The molecule has 9 heteroatoms. The lowest BCUT2D eigenvalue weighted by Crippen LogP contribution is -2.60. The maximum Gasteiger partial charge on any atom is 0.508 e. The van der Waals surface area contributed by atoms with Gasteiger partial charge in [0.15, 0.2) is 0 Å². The monoisotopic (exact) mass is 340 g/mol. The number of ether oxygens (including phenoxy) is 2. The van der Waals surface area contributed by atoms with Crippen LogP contribution in [0.4, 0.5) is 10.5 Å². The number of nitrogens with one attached hydrogen (secondary N) is 1. The van der Waals surface area contributed by atoms with E-state index in [1.165, 1.54) is 36.0 Å². The third kappa shape index (κ3) is 4.13. The third-order valence-electron chi connectivity index (χ3n) is 3.46. The Hall–Kier alpha value is -2.29. The number of nitro benzene ring substituents is 1. The first-order chi connectivity index (χ1) is 10.9. The number of thioether (sulfide) groups is 1. The van der Waals surface area contributed by atoms with Crippen molar-refractivity contribution in [3.63, 3.8) is 0 Å². The average molecular weight is 340 g/mol. The van der Waals surface area contributed by atoms with Crippen molar-refractivity contribution in [3.05, 3.63) is 39.9 Å². The van der Waals surface area contributed by atoms with E-state index >= 15 is 0 Å². The third-order valence-corrected chi connectivity index (χ3v) is 4.38. The minimum Gasteiger partial charge on any atom is -0.430 e. The maximum absolute atomic E-state index is 11.7. The molecule has 1 fully saturated rings. The number of hydrogen-bond donors (Lipinski definition) is 1. The lowest BCUT2D eigenvalue weighted by molar-refractivity contribution is -0.384. The molecule has 0 bridgehead atoms. The number of nitro groups is 1. The summed E-state index contributed by atoms with van der Waals surface area (Å²) in [6, 6.07) is 5.65. The van der Waals surface area contributed by atoms with Gasteiger partial charge in [0.05, 0.1) is 10.3 Å². The van der Waals surface area contributed by atoms with Crippen molar-refractivity contribution in [2.45, 2.75) is 25.0 Å². The summed E-state index contributed by atoms with van der Waals surface area (Å²) in [5.74, 6) is -0.544. The molecular formula is C14H16N2O6S. The van der Waals surface area contributed by atoms with E-state index in [4.69, 9.17) is 9.47 Å². The van der Waals surface area contributed by atoms with Crippen LogP contribution in [0, 0.1) is 16.0 Å². The molecule has 1 aliphatic heterocycles. The van der Waals surface area contributed by atoms with Crippen LogP contribution in [0.1, 0.15) is 12.5 Å². The summed E-state index contributed by atoms with van der Waals surface area (Å²) < 4.78 is 10.0. The topological polar surface area (TPSA) is 108 Å². The van der Waals surface area contributed by atoms with Crippen molar-refractivity contribution in [1.82, 2.24) is 5.32 Å². The Morgan fingerprint density at radius 1 is 1.43 bits per heavy atom. The molecule has 0 aromatic heterocycles. The first kappa shape index (κ1) is 17.1. The molecule has 23 heavy (non-hydrogen) atoms. The van der Waals surface area contributed by atoms with Crippen LogP contribution in [0.15, 0.2) is 24.3 Å². The molecule has 1 aromatic carbocycles. The van der Waals surface area contributed by atoms with Gasteiger partial charge in [0, 0.05) is 12.1 Å². The normalized spacial score (nSPS) is 20.9. The summed E-state index contributed by atoms with van der Waals surface area (Å²) >= 11 is 1.47. The fourth-order valence-electron chi connectivity index (χ4n) is 2.15. The minimum atomic E-state index is -0.879. The molecular weight excluding hydrogens is 324 g/mol. The van der Waals surface area contributed by atoms with Gasteiger partial charge in [-0.3, -0.25) is 14.9 Å². The van der Waals surface area contributed by atoms with Crippen molar-refractivity contribution < 1.29 is 24.0 Å². The molecule has 1 heterocycles. The van der Waals surface area contributed by atoms with Crippen LogP contribution in [0.5, 0.6) is 0 Å². The first-order valence-corrected chi connectivity index (χ1v) is 8.11. The summed E-state index contributed by atoms with van der Waals surface area (Å²) in [5, 5.41) is 13.2. The van der Waals surface area contributed by atoms with Gasteiger partial charge < -0.3 is 14.8 Å². The lowest BCUT2D eigenvalue weighted by Gasteiger charge is -2.38. The number of nitrogens with zero attached hydrogens (tertiary/aromatic N) is 1. The van der Waals surface area contributed by atoms with Crippen LogP contribution < -0.4 is 5.32 Å². The lowest BCUT2D eigenvalue weighted by atomic mass is 9.96. The maximum atomic E-state index is 11.7. The Labute approximate surface area is 136 Å². The fraction of sp³-hybridized carbons (Fsp3) is 0.429.